The minimum Gasteiger partial charge on any atom is -0.494 e. The first-order chi connectivity index (χ1) is 10.0. The van der Waals surface area contributed by atoms with Crippen LogP contribution in [-0.2, 0) is 0 Å². The molecule has 1 amide bonds. The van der Waals surface area contributed by atoms with Crippen LogP contribution in [0.15, 0.2) is 28.7 Å². The first-order valence-corrected chi connectivity index (χ1v) is 7.02. The van der Waals surface area contributed by atoms with E-state index in [1.807, 2.05) is 32.9 Å². The lowest BCUT2D eigenvalue weighted by atomic mass is 10.2. The van der Waals surface area contributed by atoms with Gasteiger partial charge in [0.2, 0.25) is 0 Å². The van der Waals surface area contributed by atoms with Crippen molar-refractivity contribution in [2.45, 2.75) is 33.6 Å². The summed E-state index contributed by atoms with van der Waals surface area (Å²) >= 11 is 0. The Morgan fingerprint density at radius 1 is 1.33 bits per heavy atom. The van der Waals surface area contributed by atoms with E-state index in [4.69, 9.17) is 9.15 Å². The van der Waals surface area contributed by atoms with Gasteiger partial charge in [-0.1, -0.05) is 13.8 Å². The summed E-state index contributed by atoms with van der Waals surface area (Å²) in [5, 5.41) is 2.80. The van der Waals surface area contributed by atoms with Gasteiger partial charge in [0.25, 0.3) is 5.91 Å². The number of anilines is 1. The van der Waals surface area contributed by atoms with Crippen LogP contribution in [0.5, 0.6) is 5.75 Å². The van der Waals surface area contributed by atoms with Crippen molar-refractivity contribution in [2.24, 2.45) is 0 Å². The Balaban J connectivity index is 2.10. The zero-order chi connectivity index (χ0) is 15.4. The van der Waals surface area contributed by atoms with Crippen LogP contribution in [0.4, 0.5) is 5.69 Å². The summed E-state index contributed by atoms with van der Waals surface area (Å²) in [6.07, 6.45) is 0. The number of hydrogen-bond acceptors (Lipinski definition) is 4. The van der Waals surface area contributed by atoms with Gasteiger partial charge in [-0.05, 0) is 38.1 Å². The highest BCUT2D eigenvalue weighted by Gasteiger charge is 2.18. The minimum absolute atomic E-state index is 0.149. The molecule has 0 atom stereocenters. The topological polar surface area (TPSA) is 64.4 Å². The number of oxazole rings is 1. The van der Waals surface area contributed by atoms with Crippen molar-refractivity contribution in [1.82, 2.24) is 4.98 Å². The maximum absolute atomic E-state index is 12.2. The molecule has 0 radical (unpaired) electrons. The average molecular weight is 288 g/mol. The van der Waals surface area contributed by atoms with Gasteiger partial charge >= 0.3 is 0 Å². The molecule has 1 aromatic carbocycles. The molecule has 1 aromatic heterocycles. The summed E-state index contributed by atoms with van der Waals surface area (Å²) in [7, 11) is 0. The number of nitrogens with one attached hydrogen (secondary N) is 1. The van der Waals surface area contributed by atoms with Crippen molar-refractivity contribution in [3.63, 3.8) is 0 Å². The second-order valence-electron chi connectivity index (χ2n) is 5.02. The molecule has 5 nitrogen and oxygen atoms in total. The van der Waals surface area contributed by atoms with Gasteiger partial charge in [-0.25, -0.2) is 4.98 Å². The van der Waals surface area contributed by atoms with Crippen molar-refractivity contribution in [1.29, 1.82) is 0 Å². The zero-order valence-corrected chi connectivity index (χ0v) is 12.8. The van der Waals surface area contributed by atoms with Crippen LogP contribution < -0.4 is 10.1 Å². The Morgan fingerprint density at radius 3 is 2.52 bits per heavy atom. The molecule has 1 heterocycles. The lowest BCUT2D eigenvalue weighted by Gasteiger charge is -2.06. The van der Waals surface area contributed by atoms with E-state index < -0.39 is 0 Å². The maximum atomic E-state index is 12.2. The summed E-state index contributed by atoms with van der Waals surface area (Å²) < 4.78 is 10.9. The van der Waals surface area contributed by atoms with Gasteiger partial charge in [0, 0.05) is 11.6 Å². The molecule has 112 valence electrons. The van der Waals surface area contributed by atoms with E-state index in [9.17, 15) is 4.79 Å². The van der Waals surface area contributed by atoms with Gasteiger partial charge in [-0.2, -0.15) is 0 Å². The molecule has 0 spiro atoms. The van der Waals surface area contributed by atoms with Gasteiger partial charge in [0.1, 0.15) is 11.5 Å². The monoisotopic (exact) mass is 288 g/mol. The van der Waals surface area contributed by atoms with Gasteiger partial charge in [-0.3, -0.25) is 4.79 Å². The predicted molar refractivity (Wildman–Crippen MR) is 80.9 cm³/mol. The summed E-state index contributed by atoms with van der Waals surface area (Å²) in [6, 6.07) is 7.21. The Kier molecular flexibility index (Phi) is 4.62. The summed E-state index contributed by atoms with van der Waals surface area (Å²) in [5.74, 6) is 1.75. The van der Waals surface area contributed by atoms with Crippen molar-refractivity contribution in [3.05, 3.63) is 41.6 Å². The number of carbonyl (C=O) groups excluding carboxylic acids is 1. The molecule has 5 heteroatoms. The summed E-state index contributed by atoms with van der Waals surface area (Å²) in [5.41, 5.74) is 1.02. The number of aromatic nitrogens is 1. The molecular weight excluding hydrogens is 268 g/mol. The second kappa shape index (κ2) is 6.43. The fourth-order valence-corrected chi connectivity index (χ4v) is 1.87. The second-order valence-corrected chi connectivity index (χ2v) is 5.02. The quantitative estimate of drug-likeness (QED) is 0.909. The number of rotatable bonds is 5. The summed E-state index contributed by atoms with van der Waals surface area (Å²) in [6.45, 7) is 8.22. The van der Waals surface area contributed by atoms with E-state index in [1.54, 1.807) is 19.1 Å². The van der Waals surface area contributed by atoms with Crippen LogP contribution >= 0.6 is 0 Å². The van der Waals surface area contributed by atoms with E-state index >= 15 is 0 Å². The molecule has 0 saturated heterocycles. The lowest BCUT2D eigenvalue weighted by Crippen LogP contribution is -2.13. The molecule has 0 fully saturated rings. The Labute approximate surface area is 124 Å². The van der Waals surface area contributed by atoms with Crippen molar-refractivity contribution in [2.75, 3.05) is 11.9 Å². The highest BCUT2D eigenvalue weighted by molar-refractivity contribution is 6.03. The molecule has 0 unspecified atom stereocenters. The normalized spacial score (nSPS) is 10.7. The number of amides is 1. The third kappa shape index (κ3) is 3.62. The predicted octanol–water partition coefficient (Wildman–Crippen LogP) is 3.76. The molecular formula is C16H20N2O3. The van der Waals surface area contributed by atoms with Gasteiger partial charge in [0.05, 0.1) is 6.61 Å². The lowest BCUT2D eigenvalue weighted by molar-refractivity contribution is 0.102. The van der Waals surface area contributed by atoms with E-state index in [1.165, 1.54) is 0 Å². The molecule has 21 heavy (non-hydrogen) atoms. The van der Waals surface area contributed by atoms with Gasteiger partial charge in [-0.15, -0.1) is 0 Å². The van der Waals surface area contributed by atoms with Crippen LogP contribution in [0.2, 0.25) is 0 Å². The maximum Gasteiger partial charge on any atom is 0.277 e. The Morgan fingerprint density at radius 2 is 2.00 bits per heavy atom. The van der Waals surface area contributed by atoms with Crippen LogP contribution in [0.25, 0.3) is 0 Å². The zero-order valence-electron chi connectivity index (χ0n) is 12.8. The van der Waals surface area contributed by atoms with Crippen LogP contribution in [0.3, 0.4) is 0 Å². The molecule has 0 aliphatic carbocycles. The van der Waals surface area contributed by atoms with E-state index in [2.05, 4.69) is 10.3 Å². The average Bonchev–Trinajstić information content (AvgIpc) is 2.84. The third-order valence-electron chi connectivity index (χ3n) is 2.95. The fraction of sp³-hybridized carbons (Fsp3) is 0.375. The largest absolute Gasteiger partial charge is 0.494 e. The van der Waals surface area contributed by atoms with Crippen molar-refractivity contribution >= 4 is 11.6 Å². The van der Waals surface area contributed by atoms with E-state index in [-0.39, 0.29) is 11.8 Å². The number of benzene rings is 1. The summed E-state index contributed by atoms with van der Waals surface area (Å²) in [4.78, 5) is 16.5. The molecule has 0 aliphatic rings. The van der Waals surface area contributed by atoms with Crippen molar-refractivity contribution < 1.29 is 13.9 Å². The number of carbonyl (C=O) groups is 1. The smallest absolute Gasteiger partial charge is 0.277 e. The number of hydrogen-bond donors (Lipinski definition) is 1. The highest BCUT2D eigenvalue weighted by Crippen LogP contribution is 2.20. The third-order valence-corrected chi connectivity index (χ3v) is 2.95. The number of nitrogens with zero attached hydrogens (tertiary/aromatic N) is 1. The molecule has 0 aliphatic heterocycles. The van der Waals surface area contributed by atoms with Crippen LogP contribution in [-0.4, -0.2) is 17.5 Å². The van der Waals surface area contributed by atoms with E-state index in [0.717, 1.165) is 5.75 Å². The molecule has 0 bridgehead atoms. The minimum atomic E-state index is -0.271. The molecule has 1 N–H and O–H groups in total. The van der Waals surface area contributed by atoms with E-state index in [0.29, 0.717) is 29.6 Å². The number of ether oxygens (including phenoxy) is 1. The molecule has 2 rings (SSSR count). The van der Waals surface area contributed by atoms with Crippen LogP contribution in [0.1, 0.15) is 48.8 Å². The van der Waals surface area contributed by atoms with Gasteiger partial charge < -0.3 is 14.5 Å². The van der Waals surface area contributed by atoms with Crippen molar-refractivity contribution in [3.8, 4) is 5.75 Å². The SMILES string of the molecule is CCOc1ccc(NC(=O)c2nc(C(C)C)oc2C)cc1. The Hall–Kier alpha value is -2.30. The molecule has 0 saturated carbocycles. The Bertz CT molecular complexity index is 615. The molecule has 2 aromatic rings. The van der Waals surface area contributed by atoms with Gasteiger partial charge in [0.15, 0.2) is 11.6 Å². The first kappa shape index (κ1) is 15.1. The van der Waals surface area contributed by atoms with Crippen LogP contribution in [0, 0.1) is 6.92 Å². The standard InChI is InChI=1S/C16H20N2O3/c1-5-20-13-8-6-12(7-9-13)17-15(19)14-11(4)21-16(18-14)10(2)3/h6-10H,5H2,1-4H3,(H,17,19). The fourth-order valence-electron chi connectivity index (χ4n) is 1.87. The highest BCUT2D eigenvalue weighted by atomic mass is 16.5. The number of aryl methyl sites for hydroxylation is 1. The first-order valence-electron chi connectivity index (χ1n) is 7.02.